The predicted octanol–water partition coefficient (Wildman–Crippen LogP) is -0.180. The zero-order valence-corrected chi connectivity index (χ0v) is 11.4. The topological polar surface area (TPSA) is 152 Å². The lowest BCUT2D eigenvalue weighted by Gasteiger charge is -2.10. The summed E-state index contributed by atoms with van der Waals surface area (Å²) in [6.45, 7) is 2.60. The minimum absolute atomic E-state index is 0.0603. The van der Waals surface area contributed by atoms with Crippen LogP contribution >= 0.6 is 0 Å². The molecule has 0 saturated carbocycles. The molecule has 0 radical (unpaired) electrons. The van der Waals surface area contributed by atoms with E-state index < -0.39 is 16.9 Å². The van der Waals surface area contributed by atoms with Crippen LogP contribution in [-0.2, 0) is 0 Å². The van der Waals surface area contributed by atoms with Gasteiger partial charge in [0.15, 0.2) is 0 Å². The Morgan fingerprint density at radius 1 is 1.38 bits per heavy atom. The molecule has 10 nitrogen and oxygen atoms in total. The van der Waals surface area contributed by atoms with Crippen molar-refractivity contribution >= 4 is 23.4 Å². The van der Waals surface area contributed by atoms with E-state index in [4.69, 9.17) is 5.73 Å². The van der Waals surface area contributed by atoms with Crippen molar-refractivity contribution in [2.45, 2.75) is 6.92 Å². The number of carbonyl (C=O) groups is 2. The SMILES string of the molecule is CCNc1ncc([N+](=O)[O-])cc1C(=O)NCCNC(N)=O. The van der Waals surface area contributed by atoms with Crippen LogP contribution in [0, 0.1) is 10.1 Å². The number of hydrogen-bond donors (Lipinski definition) is 4. The van der Waals surface area contributed by atoms with Crippen LogP contribution in [0.4, 0.5) is 16.3 Å². The maximum atomic E-state index is 12.0. The molecule has 0 atom stereocenters. The number of pyridine rings is 1. The lowest BCUT2D eigenvalue weighted by molar-refractivity contribution is -0.385. The van der Waals surface area contributed by atoms with E-state index in [0.717, 1.165) is 12.3 Å². The number of anilines is 1. The first kappa shape index (κ1) is 16.1. The molecule has 5 N–H and O–H groups in total. The number of nitrogens with zero attached hydrogens (tertiary/aromatic N) is 2. The van der Waals surface area contributed by atoms with Crippen LogP contribution in [0.1, 0.15) is 17.3 Å². The third-order valence-electron chi connectivity index (χ3n) is 2.38. The fraction of sp³-hybridized carbons (Fsp3) is 0.364. The van der Waals surface area contributed by atoms with E-state index >= 15 is 0 Å². The number of aromatic nitrogens is 1. The molecular formula is C11H16N6O4. The van der Waals surface area contributed by atoms with Crippen molar-refractivity contribution in [2.24, 2.45) is 5.73 Å². The molecular weight excluding hydrogens is 280 g/mol. The zero-order valence-electron chi connectivity index (χ0n) is 11.4. The lowest BCUT2D eigenvalue weighted by atomic mass is 10.2. The monoisotopic (exact) mass is 296 g/mol. The fourth-order valence-corrected chi connectivity index (χ4v) is 1.49. The van der Waals surface area contributed by atoms with E-state index in [1.807, 2.05) is 6.92 Å². The third-order valence-corrected chi connectivity index (χ3v) is 2.38. The van der Waals surface area contributed by atoms with Gasteiger partial charge in [-0.2, -0.15) is 0 Å². The maximum Gasteiger partial charge on any atom is 0.312 e. The first-order chi connectivity index (χ1) is 9.95. The van der Waals surface area contributed by atoms with Gasteiger partial charge in [0, 0.05) is 25.7 Å². The van der Waals surface area contributed by atoms with Gasteiger partial charge in [-0.3, -0.25) is 14.9 Å². The molecule has 1 heterocycles. The molecule has 1 aromatic rings. The molecule has 114 valence electrons. The van der Waals surface area contributed by atoms with E-state index in [0.29, 0.717) is 6.54 Å². The van der Waals surface area contributed by atoms with Gasteiger partial charge in [0.05, 0.1) is 10.5 Å². The Morgan fingerprint density at radius 3 is 2.62 bits per heavy atom. The highest BCUT2D eigenvalue weighted by Gasteiger charge is 2.17. The summed E-state index contributed by atoms with van der Waals surface area (Å²) in [4.78, 5) is 36.4. The number of hydrogen-bond acceptors (Lipinski definition) is 6. The van der Waals surface area contributed by atoms with E-state index in [2.05, 4.69) is 20.9 Å². The van der Waals surface area contributed by atoms with Crippen LogP contribution < -0.4 is 21.7 Å². The number of nitrogens with two attached hydrogens (primary N) is 1. The van der Waals surface area contributed by atoms with Gasteiger partial charge in [-0.15, -0.1) is 0 Å². The number of amides is 3. The maximum absolute atomic E-state index is 12.0. The molecule has 0 aliphatic heterocycles. The second kappa shape index (κ2) is 7.62. The Bertz CT molecular complexity index is 548. The summed E-state index contributed by atoms with van der Waals surface area (Å²) < 4.78 is 0. The lowest BCUT2D eigenvalue weighted by Crippen LogP contribution is -2.37. The average Bonchev–Trinajstić information content (AvgIpc) is 2.43. The summed E-state index contributed by atoms with van der Waals surface area (Å²) in [5.41, 5.74) is 4.66. The largest absolute Gasteiger partial charge is 0.370 e. The quantitative estimate of drug-likeness (QED) is 0.311. The van der Waals surface area contributed by atoms with E-state index in [9.17, 15) is 19.7 Å². The Balaban J connectivity index is 2.81. The third kappa shape index (κ3) is 4.93. The van der Waals surface area contributed by atoms with Gasteiger partial charge < -0.3 is 21.7 Å². The van der Waals surface area contributed by atoms with Crippen LogP contribution in [0.2, 0.25) is 0 Å². The Kier molecular flexibility index (Phi) is 5.86. The Hall–Kier alpha value is -2.91. The first-order valence-corrected chi connectivity index (χ1v) is 6.15. The molecule has 0 unspecified atom stereocenters. The molecule has 0 aliphatic carbocycles. The van der Waals surface area contributed by atoms with E-state index in [-0.39, 0.29) is 30.2 Å². The first-order valence-electron chi connectivity index (χ1n) is 6.15. The summed E-state index contributed by atoms with van der Waals surface area (Å²) >= 11 is 0. The van der Waals surface area contributed by atoms with Gasteiger partial charge >= 0.3 is 6.03 Å². The molecule has 1 rings (SSSR count). The van der Waals surface area contributed by atoms with Gasteiger partial charge in [-0.25, -0.2) is 9.78 Å². The molecule has 10 heteroatoms. The molecule has 0 bridgehead atoms. The van der Waals surface area contributed by atoms with Crippen molar-refractivity contribution < 1.29 is 14.5 Å². The molecule has 1 aromatic heterocycles. The zero-order chi connectivity index (χ0) is 15.8. The Labute approximate surface area is 120 Å². The van der Waals surface area contributed by atoms with Crippen molar-refractivity contribution in [3.8, 4) is 0 Å². The number of rotatable bonds is 7. The summed E-state index contributed by atoms with van der Waals surface area (Å²) in [5, 5.41) is 18.4. The van der Waals surface area contributed by atoms with Gasteiger partial charge in [-0.1, -0.05) is 0 Å². The normalized spacial score (nSPS) is 9.76. The predicted molar refractivity (Wildman–Crippen MR) is 75.0 cm³/mol. The van der Waals surface area contributed by atoms with Crippen molar-refractivity contribution in [1.29, 1.82) is 0 Å². The summed E-state index contributed by atoms with van der Waals surface area (Å²) in [6, 6.07) is 0.441. The second-order valence-corrected chi connectivity index (χ2v) is 3.92. The van der Waals surface area contributed by atoms with E-state index in [1.165, 1.54) is 0 Å². The van der Waals surface area contributed by atoms with Crippen molar-refractivity contribution in [3.05, 3.63) is 27.9 Å². The summed E-state index contributed by atoms with van der Waals surface area (Å²) in [7, 11) is 0. The number of nitrogens with one attached hydrogen (secondary N) is 3. The molecule has 0 fully saturated rings. The van der Waals surface area contributed by atoms with Crippen molar-refractivity contribution in [3.63, 3.8) is 0 Å². The number of carbonyl (C=O) groups excluding carboxylic acids is 2. The second-order valence-electron chi connectivity index (χ2n) is 3.92. The van der Waals surface area contributed by atoms with Crippen LogP contribution in [0.25, 0.3) is 0 Å². The number of primary amides is 1. The van der Waals surface area contributed by atoms with Crippen LogP contribution in [0.3, 0.4) is 0 Å². The van der Waals surface area contributed by atoms with E-state index in [1.54, 1.807) is 0 Å². The minimum Gasteiger partial charge on any atom is -0.370 e. The smallest absolute Gasteiger partial charge is 0.312 e. The standard InChI is InChI=1S/C11H16N6O4/c1-2-13-9-8(5-7(6-16-9)17(20)21)10(18)14-3-4-15-11(12)19/h5-6H,2-4H2,1H3,(H,13,16)(H,14,18)(H3,12,15,19). The van der Waals surface area contributed by atoms with Crippen LogP contribution in [0.15, 0.2) is 12.3 Å². The Morgan fingerprint density at radius 2 is 2.05 bits per heavy atom. The summed E-state index contributed by atoms with van der Waals surface area (Å²) in [6.07, 6.45) is 1.07. The van der Waals surface area contributed by atoms with Gasteiger partial charge in [0.1, 0.15) is 12.0 Å². The summed E-state index contributed by atoms with van der Waals surface area (Å²) in [5.74, 6) is -0.281. The highest BCUT2D eigenvalue weighted by molar-refractivity contribution is 5.99. The van der Waals surface area contributed by atoms with Gasteiger partial charge in [0.25, 0.3) is 11.6 Å². The average molecular weight is 296 g/mol. The number of urea groups is 1. The minimum atomic E-state index is -0.699. The highest BCUT2D eigenvalue weighted by Crippen LogP contribution is 2.18. The van der Waals surface area contributed by atoms with Crippen molar-refractivity contribution in [1.82, 2.24) is 15.6 Å². The molecule has 0 saturated heterocycles. The number of nitro groups is 1. The molecule has 3 amide bonds. The van der Waals surface area contributed by atoms with Crippen LogP contribution in [0.5, 0.6) is 0 Å². The highest BCUT2D eigenvalue weighted by atomic mass is 16.6. The molecule has 0 aliphatic rings. The van der Waals surface area contributed by atoms with Gasteiger partial charge in [-0.05, 0) is 6.92 Å². The fourth-order valence-electron chi connectivity index (χ4n) is 1.49. The molecule has 0 spiro atoms. The van der Waals surface area contributed by atoms with Crippen LogP contribution in [-0.4, -0.2) is 41.5 Å². The van der Waals surface area contributed by atoms with Gasteiger partial charge in [0.2, 0.25) is 0 Å². The molecule has 0 aromatic carbocycles. The van der Waals surface area contributed by atoms with Crippen molar-refractivity contribution in [2.75, 3.05) is 25.0 Å². The molecule has 21 heavy (non-hydrogen) atoms.